The summed E-state index contributed by atoms with van der Waals surface area (Å²) < 4.78 is 22.0. The number of benzene rings is 4. The second-order valence-electron chi connectivity index (χ2n) is 12.7. The molecule has 284 valence electrons. The highest BCUT2D eigenvalue weighted by atomic mass is 16.6. The van der Waals surface area contributed by atoms with Gasteiger partial charge in [0, 0.05) is 19.4 Å². The van der Waals surface area contributed by atoms with E-state index >= 15 is 0 Å². The van der Waals surface area contributed by atoms with Crippen LogP contribution in [0.1, 0.15) is 67.7 Å². The van der Waals surface area contributed by atoms with Gasteiger partial charge in [-0.05, 0) is 40.8 Å². The smallest absolute Gasteiger partial charge is 0.359 e. The van der Waals surface area contributed by atoms with Crippen LogP contribution in [0.5, 0.6) is 5.75 Å². The Labute approximate surface area is 316 Å². The summed E-state index contributed by atoms with van der Waals surface area (Å²) in [5, 5.41) is 5.67. The minimum atomic E-state index is -1.70. The summed E-state index contributed by atoms with van der Waals surface area (Å²) in [4.78, 5) is 64.8. The quantitative estimate of drug-likeness (QED) is 0.0419. The molecular weight excluding hydrogens is 688 g/mol. The van der Waals surface area contributed by atoms with Crippen molar-refractivity contribution in [1.29, 1.82) is 0 Å². The van der Waals surface area contributed by atoms with Gasteiger partial charge in [-0.1, -0.05) is 129 Å². The molecule has 11 nitrogen and oxygen atoms in total. The molecule has 0 aliphatic rings. The number of nitrogens with one attached hydrogen (secondary N) is 2. The predicted octanol–water partition coefficient (Wildman–Crippen LogP) is 6.17. The fourth-order valence-electron chi connectivity index (χ4n) is 5.27. The molecule has 0 heterocycles. The van der Waals surface area contributed by atoms with E-state index in [2.05, 4.69) is 17.6 Å². The number of esters is 3. The van der Waals surface area contributed by atoms with Crippen LogP contribution >= 0.6 is 0 Å². The lowest BCUT2D eigenvalue weighted by molar-refractivity contribution is -0.168. The molecule has 0 saturated carbocycles. The van der Waals surface area contributed by atoms with Crippen LogP contribution in [0.2, 0.25) is 0 Å². The number of amides is 2. The minimum Gasteiger partial charge on any atom is -0.467 e. The Balaban J connectivity index is 1.38. The van der Waals surface area contributed by atoms with Gasteiger partial charge in [0.1, 0.15) is 31.6 Å². The van der Waals surface area contributed by atoms with Crippen molar-refractivity contribution in [3.8, 4) is 5.75 Å². The minimum absolute atomic E-state index is 0.0624. The van der Waals surface area contributed by atoms with E-state index in [0.717, 1.165) is 42.4 Å². The first kappa shape index (κ1) is 40.8. The van der Waals surface area contributed by atoms with Gasteiger partial charge in [-0.25, -0.2) is 9.59 Å². The standard InChI is InChI=1S/C43H48N2O9/c1-2-3-4-14-27-44-41(48)37(45-38(46)25-26-39(47)51-29-33-15-8-5-9-16-33)28-32-21-23-36(24-22-32)54-40(42(49)52-30-34-17-10-6-11-18-34)43(50)53-31-35-19-12-7-13-20-35/h5-13,15-24,37,40H,2-4,14,25-31H2,1H3,(H,44,48)(H,45,46)/t37-/m0/s1. The average molecular weight is 737 g/mol. The molecule has 0 aliphatic carbocycles. The molecule has 0 bridgehead atoms. The van der Waals surface area contributed by atoms with Gasteiger partial charge in [-0.2, -0.15) is 0 Å². The maximum Gasteiger partial charge on any atom is 0.359 e. The maximum absolute atomic E-state index is 13.3. The third-order valence-corrected chi connectivity index (χ3v) is 8.27. The lowest BCUT2D eigenvalue weighted by Gasteiger charge is -2.20. The van der Waals surface area contributed by atoms with Gasteiger partial charge in [-0.3, -0.25) is 14.4 Å². The van der Waals surface area contributed by atoms with E-state index in [1.165, 1.54) is 0 Å². The van der Waals surface area contributed by atoms with Gasteiger partial charge in [0.2, 0.25) is 11.8 Å². The van der Waals surface area contributed by atoms with Crippen molar-refractivity contribution in [3.63, 3.8) is 0 Å². The van der Waals surface area contributed by atoms with Crippen molar-refractivity contribution in [1.82, 2.24) is 10.6 Å². The van der Waals surface area contributed by atoms with Crippen molar-refractivity contribution in [2.75, 3.05) is 6.54 Å². The zero-order chi connectivity index (χ0) is 38.4. The van der Waals surface area contributed by atoms with Gasteiger partial charge in [0.25, 0.3) is 6.10 Å². The largest absolute Gasteiger partial charge is 0.467 e. The van der Waals surface area contributed by atoms with E-state index in [-0.39, 0.29) is 50.7 Å². The molecule has 0 fully saturated rings. The molecule has 2 N–H and O–H groups in total. The Kier molecular flexibility index (Phi) is 17.3. The zero-order valence-electron chi connectivity index (χ0n) is 30.6. The lowest BCUT2D eigenvalue weighted by Crippen LogP contribution is -2.48. The second-order valence-corrected chi connectivity index (χ2v) is 12.7. The predicted molar refractivity (Wildman–Crippen MR) is 202 cm³/mol. The second kappa shape index (κ2) is 22.9. The summed E-state index contributed by atoms with van der Waals surface area (Å²) in [5.74, 6) is -2.98. The topological polar surface area (TPSA) is 146 Å². The summed E-state index contributed by atoms with van der Waals surface area (Å²) in [6.45, 7) is 2.55. The third kappa shape index (κ3) is 14.9. The maximum atomic E-state index is 13.3. The average Bonchev–Trinajstić information content (AvgIpc) is 3.20. The Hall–Kier alpha value is -5.97. The molecule has 54 heavy (non-hydrogen) atoms. The molecule has 0 aliphatic heterocycles. The van der Waals surface area contributed by atoms with Crippen LogP contribution < -0.4 is 15.4 Å². The van der Waals surface area contributed by atoms with Crippen molar-refractivity contribution in [3.05, 3.63) is 138 Å². The van der Waals surface area contributed by atoms with Crippen molar-refractivity contribution < 1.29 is 42.9 Å². The number of hydrogen-bond donors (Lipinski definition) is 2. The molecule has 0 unspecified atom stereocenters. The number of unbranched alkanes of at least 4 members (excludes halogenated alkanes) is 3. The van der Waals surface area contributed by atoms with Crippen molar-refractivity contribution in [2.45, 2.75) is 83.8 Å². The summed E-state index contributed by atoms with van der Waals surface area (Å²) in [6.07, 6.45) is 2.04. The monoisotopic (exact) mass is 736 g/mol. The lowest BCUT2D eigenvalue weighted by atomic mass is 10.0. The van der Waals surface area contributed by atoms with E-state index < -0.39 is 36.0 Å². The SMILES string of the molecule is CCCCCCNC(=O)[C@H](Cc1ccc(OC(C(=O)OCc2ccccc2)C(=O)OCc2ccccc2)cc1)NC(=O)CCC(=O)OCc1ccccc1. The molecule has 0 saturated heterocycles. The summed E-state index contributed by atoms with van der Waals surface area (Å²) >= 11 is 0. The van der Waals surface area contributed by atoms with Crippen LogP contribution in [0.25, 0.3) is 0 Å². The van der Waals surface area contributed by atoms with Crippen molar-refractivity contribution in [2.24, 2.45) is 0 Å². The first-order valence-corrected chi connectivity index (χ1v) is 18.2. The van der Waals surface area contributed by atoms with E-state index in [9.17, 15) is 24.0 Å². The van der Waals surface area contributed by atoms with Crippen LogP contribution in [0.3, 0.4) is 0 Å². The Morgan fingerprint density at radius 3 is 1.61 bits per heavy atom. The Morgan fingerprint density at radius 2 is 1.09 bits per heavy atom. The van der Waals surface area contributed by atoms with Crippen LogP contribution in [-0.4, -0.2) is 48.4 Å². The molecule has 4 aromatic carbocycles. The van der Waals surface area contributed by atoms with Crippen LogP contribution in [0.15, 0.2) is 115 Å². The highest BCUT2D eigenvalue weighted by Crippen LogP contribution is 2.18. The number of hydrogen-bond acceptors (Lipinski definition) is 9. The molecule has 11 heteroatoms. The fourth-order valence-corrected chi connectivity index (χ4v) is 5.27. The summed E-state index contributed by atoms with van der Waals surface area (Å²) in [7, 11) is 0. The van der Waals surface area contributed by atoms with E-state index in [1.54, 1.807) is 48.5 Å². The molecule has 4 rings (SSSR count). The zero-order valence-corrected chi connectivity index (χ0v) is 30.6. The molecular formula is C43H48N2O9. The van der Waals surface area contributed by atoms with Crippen LogP contribution in [0, 0.1) is 0 Å². The number of rotatable bonds is 22. The highest BCUT2D eigenvalue weighted by molar-refractivity contribution is 5.98. The number of carbonyl (C=O) groups is 5. The molecule has 0 aromatic heterocycles. The first-order valence-electron chi connectivity index (χ1n) is 18.2. The van der Waals surface area contributed by atoms with E-state index in [0.29, 0.717) is 12.1 Å². The van der Waals surface area contributed by atoms with Crippen LogP contribution in [0.4, 0.5) is 0 Å². The molecule has 0 spiro atoms. The van der Waals surface area contributed by atoms with Gasteiger partial charge in [0.05, 0.1) is 6.42 Å². The van der Waals surface area contributed by atoms with Gasteiger partial charge in [-0.15, -0.1) is 0 Å². The van der Waals surface area contributed by atoms with Gasteiger partial charge >= 0.3 is 17.9 Å². The number of ether oxygens (including phenoxy) is 4. The van der Waals surface area contributed by atoms with Crippen LogP contribution in [-0.2, 0) is 64.4 Å². The molecule has 1 atom stereocenters. The normalized spacial score (nSPS) is 11.2. The molecule has 2 amide bonds. The molecule has 0 radical (unpaired) electrons. The fraction of sp³-hybridized carbons (Fsp3) is 0.326. The van der Waals surface area contributed by atoms with Gasteiger partial charge in [0.15, 0.2) is 0 Å². The summed E-state index contributed by atoms with van der Waals surface area (Å²) in [6, 6.07) is 32.8. The van der Waals surface area contributed by atoms with Crippen molar-refractivity contribution >= 4 is 29.7 Å². The van der Waals surface area contributed by atoms with E-state index in [1.807, 2.05) is 66.7 Å². The van der Waals surface area contributed by atoms with E-state index in [4.69, 9.17) is 18.9 Å². The number of carbonyl (C=O) groups excluding carboxylic acids is 5. The first-order chi connectivity index (χ1) is 26.3. The Bertz CT molecular complexity index is 1690. The van der Waals surface area contributed by atoms with Gasteiger partial charge < -0.3 is 29.6 Å². The highest BCUT2D eigenvalue weighted by Gasteiger charge is 2.33. The molecule has 4 aromatic rings. The Morgan fingerprint density at radius 1 is 0.574 bits per heavy atom. The summed E-state index contributed by atoms with van der Waals surface area (Å²) in [5.41, 5.74) is 2.98. The third-order valence-electron chi connectivity index (χ3n) is 8.27.